The molecule has 2 aliphatic rings. The molecule has 0 unspecified atom stereocenters. The number of unbranched alkanes of at least 4 members (excludes halogenated alkanes) is 2. The van der Waals surface area contributed by atoms with Gasteiger partial charge in [0.15, 0.2) is 0 Å². The molecule has 3 aromatic rings. The fourth-order valence-corrected chi connectivity index (χ4v) is 6.77. The van der Waals surface area contributed by atoms with E-state index in [1.807, 2.05) is 23.1 Å². The zero-order valence-corrected chi connectivity index (χ0v) is 25.3. The zero-order chi connectivity index (χ0) is 29.4. The van der Waals surface area contributed by atoms with Crippen LogP contribution in [-0.4, -0.2) is 51.7 Å². The average Bonchev–Trinajstić information content (AvgIpc) is 3.48. The van der Waals surface area contributed by atoms with E-state index in [0.717, 1.165) is 56.3 Å². The highest BCUT2D eigenvalue weighted by atomic mass is 16.5. The highest BCUT2D eigenvalue weighted by Crippen LogP contribution is 2.47. The van der Waals surface area contributed by atoms with E-state index >= 15 is 0 Å². The Hall–Kier alpha value is -3.22. The van der Waals surface area contributed by atoms with Gasteiger partial charge in [0, 0.05) is 49.1 Å². The van der Waals surface area contributed by atoms with Crippen LogP contribution in [0.5, 0.6) is 5.75 Å². The monoisotopic (exact) mass is 569 g/mol. The fourth-order valence-electron chi connectivity index (χ4n) is 6.77. The van der Waals surface area contributed by atoms with Crippen molar-refractivity contribution in [3.63, 3.8) is 0 Å². The van der Waals surface area contributed by atoms with Gasteiger partial charge in [0.1, 0.15) is 11.4 Å². The van der Waals surface area contributed by atoms with Gasteiger partial charge in [-0.25, -0.2) is 0 Å². The van der Waals surface area contributed by atoms with Gasteiger partial charge in [-0.05, 0) is 74.3 Å². The summed E-state index contributed by atoms with van der Waals surface area (Å²) in [5, 5.41) is 15.7. The lowest BCUT2D eigenvalue weighted by Crippen LogP contribution is -2.52. The summed E-state index contributed by atoms with van der Waals surface area (Å²) in [6.45, 7) is 5.34. The second-order valence-corrected chi connectivity index (χ2v) is 12.1. The first-order valence-corrected chi connectivity index (χ1v) is 16.0. The molecule has 1 aromatic heterocycles. The van der Waals surface area contributed by atoms with Crippen LogP contribution >= 0.6 is 0 Å². The molecule has 1 aliphatic heterocycles. The first kappa shape index (κ1) is 30.2. The average molecular weight is 570 g/mol. The Labute approximate surface area is 251 Å². The molecule has 2 heterocycles. The van der Waals surface area contributed by atoms with Crippen molar-refractivity contribution < 1.29 is 14.6 Å². The fraction of sp³-hybridized carbons (Fsp3) is 0.500. The maximum absolute atomic E-state index is 13.9. The van der Waals surface area contributed by atoms with Crippen LogP contribution in [0.1, 0.15) is 98.3 Å². The van der Waals surface area contributed by atoms with Crippen molar-refractivity contribution in [3.8, 4) is 5.75 Å². The lowest BCUT2D eigenvalue weighted by molar-refractivity contribution is 0.0223. The number of ether oxygens (including phenoxy) is 1. The van der Waals surface area contributed by atoms with Crippen LogP contribution in [0, 0.1) is 0 Å². The summed E-state index contributed by atoms with van der Waals surface area (Å²) in [4.78, 5) is 20.0. The summed E-state index contributed by atoms with van der Waals surface area (Å²) in [6.07, 6.45) is 12.6. The van der Waals surface area contributed by atoms with E-state index in [4.69, 9.17) is 4.74 Å². The Bertz CT molecular complexity index is 1280. The first-order valence-electron chi connectivity index (χ1n) is 16.0. The molecule has 1 saturated carbocycles. The van der Waals surface area contributed by atoms with Crippen molar-refractivity contribution in [2.75, 3.05) is 13.1 Å². The molecular formula is C36H47N3O3. The second kappa shape index (κ2) is 14.3. The maximum Gasteiger partial charge on any atom is 0.254 e. The number of carbonyl (C=O) groups is 1. The molecule has 3 atom stereocenters. The third kappa shape index (κ3) is 7.22. The summed E-state index contributed by atoms with van der Waals surface area (Å²) >= 11 is 0. The van der Waals surface area contributed by atoms with E-state index in [9.17, 15) is 9.90 Å². The van der Waals surface area contributed by atoms with Gasteiger partial charge in [0.2, 0.25) is 0 Å². The van der Waals surface area contributed by atoms with Crippen molar-refractivity contribution >= 4 is 5.91 Å². The van der Waals surface area contributed by atoms with Crippen molar-refractivity contribution in [1.29, 1.82) is 0 Å². The largest absolute Gasteiger partial charge is 0.487 e. The van der Waals surface area contributed by atoms with Gasteiger partial charge in [-0.3, -0.25) is 9.78 Å². The molecule has 1 aliphatic carbocycles. The van der Waals surface area contributed by atoms with Crippen molar-refractivity contribution in [2.24, 2.45) is 0 Å². The van der Waals surface area contributed by atoms with Crippen LogP contribution < -0.4 is 10.1 Å². The topological polar surface area (TPSA) is 74.7 Å². The number of aliphatic hydroxyl groups is 1. The quantitative estimate of drug-likeness (QED) is 0.225. The standard InChI is InChI=1S/C36H47N3O3/c1-3-5-11-22-39(35(41)29-16-20-37-21-17-29)32(24-28-12-7-6-8-13-28)33(40)26-38-31-25-36(18-9-10-19-36)42-34-15-14-27(4-2)23-30(31)34/h6-8,12-17,20-21,23,31-33,38,40H,3-5,9-11,18-19,22,24-26H2,1-2H3/t31-,32-,33+/m0/s1. The minimum absolute atomic E-state index is 0.0533. The number of nitrogens with one attached hydrogen (secondary N) is 1. The number of benzene rings is 2. The predicted octanol–water partition coefficient (Wildman–Crippen LogP) is 6.67. The number of pyridine rings is 1. The Morgan fingerprint density at radius 1 is 1.05 bits per heavy atom. The van der Waals surface area contributed by atoms with Crippen LogP contribution in [0.4, 0.5) is 0 Å². The molecule has 5 rings (SSSR count). The molecule has 6 nitrogen and oxygen atoms in total. The Balaban J connectivity index is 1.41. The zero-order valence-electron chi connectivity index (χ0n) is 25.3. The number of hydrogen-bond donors (Lipinski definition) is 2. The number of nitrogens with zero attached hydrogens (tertiary/aromatic N) is 2. The number of carbonyl (C=O) groups excluding carboxylic acids is 1. The van der Waals surface area contributed by atoms with E-state index in [0.29, 0.717) is 25.1 Å². The molecular weight excluding hydrogens is 522 g/mol. The van der Waals surface area contributed by atoms with Gasteiger partial charge in [-0.2, -0.15) is 0 Å². The summed E-state index contributed by atoms with van der Waals surface area (Å²) in [5.74, 6) is 0.921. The normalized spacial score (nSPS) is 18.7. The van der Waals surface area contributed by atoms with Crippen LogP contribution in [-0.2, 0) is 12.8 Å². The van der Waals surface area contributed by atoms with E-state index in [2.05, 4.69) is 54.5 Å². The molecule has 1 amide bonds. The lowest BCUT2D eigenvalue weighted by atomic mass is 9.85. The molecule has 1 spiro atoms. The van der Waals surface area contributed by atoms with Crippen LogP contribution in [0.3, 0.4) is 0 Å². The van der Waals surface area contributed by atoms with Crippen LogP contribution in [0.25, 0.3) is 0 Å². The van der Waals surface area contributed by atoms with E-state index in [-0.39, 0.29) is 23.6 Å². The van der Waals surface area contributed by atoms with Crippen molar-refractivity contribution in [3.05, 3.63) is 95.3 Å². The number of fused-ring (bicyclic) bond motifs is 1. The van der Waals surface area contributed by atoms with Crippen LogP contribution in [0.15, 0.2) is 73.1 Å². The smallest absolute Gasteiger partial charge is 0.254 e. The lowest BCUT2D eigenvalue weighted by Gasteiger charge is -2.41. The molecule has 0 bridgehead atoms. The minimum Gasteiger partial charge on any atom is -0.487 e. The minimum atomic E-state index is -0.752. The molecule has 2 N–H and O–H groups in total. The number of aryl methyl sites for hydroxylation is 1. The van der Waals surface area contributed by atoms with Gasteiger partial charge in [-0.1, -0.05) is 69.2 Å². The number of aliphatic hydroxyl groups excluding tert-OH is 1. The van der Waals surface area contributed by atoms with Gasteiger partial charge >= 0.3 is 0 Å². The van der Waals surface area contributed by atoms with Gasteiger partial charge in [0.05, 0.1) is 12.1 Å². The summed E-state index contributed by atoms with van der Waals surface area (Å²) in [7, 11) is 0. The predicted molar refractivity (Wildman–Crippen MR) is 168 cm³/mol. The molecule has 42 heavy (non-hydrogen) atoms. The molecule has 224 valence electrons. The van der Waals surface area contributed by atoms with E-state index in [1.165, 1.54) is 24.0 Å². The molecule has 2 aromatic carbocycles. The van der Waals surface area contributed by atoms with Crippen molar-refractivity contribution in [1.82, 2.24) is 15.2 Å². The third-order valence-corrected chi connectivity index (χ3v) is 9.17. The number of hydrogen-bond acceptors (Lipinski definition) is 5. The molecule has 1 fully saturated rings. The maximum atomic E-state index is 13.9. The number of amides is 1. The molecule has 0 radical (unpaired) electrons. The molecule has 0 saturated heterocycles. The van der Waals surface area contributed by atoms with Crippen LogP contribution in [0.2, 0.25) is 0 Å². The third-order valence-electron chi connectivity index (χ3n) is 9.17. The summed E-state index contributed by atoms with van der Waals surface area (Å²) in [6, 6.07) is 20.0. The second-order valence-electron chi connectivity index (χ2n) is 12.1. The SMILES string of the molecule is CCCCCN(C(=O)c1ccncc1)[C@@H](Cc1ccccc1)[C@H](O)CN[C@H]1CC2(CCCC2)Oc2ccc(CC)cc21. The highest BCUT2D eigenvalue weighted by Gasteiger charge is 2.43. The summed E-state index contributed by atoms with van der Waals surface area (Å²) in [5.41, 5.74) is 4.06. The van der Waals surface area contributed by atoms with E-state index < -0.39 is 6.10 Å². The van der Waals surface area contributed by atoms with Crippen molar-refractivity contribution in [2.45, 2.75) is 102 Å². The van der Waals surface area contributed by atoms with Gasteiger partial charge in [0.25, 0.3) is 5.91 Å². The van der Waals surface area contributed by atoms with Gasteiger partial charge in [-0.15, -0.1) is 0 Å². The molecule has 6 heteroatoms. The number of aromatic nitrogens is 1. The first-order chi connectivity index (χ1) is 20.5. The Kier molecular flexibility index (Phi) is 10.3. The van der Waals surface area contributed by atoms with Gasteiger partial charge < -0.3 is 20.1 Å². The van der Waals surface area contributed by atoms with E-state index in [1.54, 1.807) is 24.5 Å². The highest BCUT2D eigenvalue weighted by molar-refractivity contribution is 5.94. The summed E-state index contributed by atoms with van der Waals surface area (Å²) < 4.78 is 6.66. The number of rotatable bonds is 13. The Morgan fingerprint density at radius 3 is 2.52 bits per heavy atom. The Morgan fingerprint density at radius 2 is 1.81 bits per heavy atom.